The van der Waals surface area contributed by atoms with Crippen molar-refractivity contribution in [3.8, 4) is 17.1 Å². The van der Waals surface area contributed by atoms with Crippen LogP contribution in [-0.2, 0) is 11.3 Å². The van der Waals surface area contributed by atoms with Crippen LogP contribution in [0.25, 0.3) is 11.3 Å². The molecule has 0 radical (unpaired) electrons. The van der Waals surface area contributed by atoms with E-state index in [4.69, 9.17) is 20.8 Å². The number of benzene rings is 2. The van der Waals surface area contributed by atoms with Crippen LogP contribution in [0.15, 0.2) is 65.1 Å². The lowest BCUT2D eigenvalue weighted by Crippen LogP contribution is -2.28. The zero-order chi connectivity index (χ0) is 19.2. The Kier molecular flexibility index (Phi) is 5.94. The van der Waals surface area contributed by atoms with Gasteiger partial charge >= 0.3 is 0 Å². The lowest BCUT2D eigenvalue weighted by molar-refractivity contribution is -0.123. The summed E-state index contributed by atoms with van der Waals surface area (Å²) in [6.45, 7) is 1.51. The van der Waals surface area contributed by atoms with Gasteiger partial charge in [-0.2, -0.15) is 0 Å². The SMILES string of the molecule is CC(=O)c1ccccc1OCC(=O)NCc1ccc(-c2ccc(Cl)cc2)o1. The van der Waals surface area contributed by atoms with Gasteiger partial charge in [-0.3, -0.25) is 9.59 Å². The number of furan rings is 1. The molecule has 6 heteroatoms. The van der Waals surface area contributed by atoms with E-state index >= 15 is 0 Å². The molecule has 0 spiro atoms. The minimum absolute atomic E-state index is 0.115. The molecule has 5 nitrogen and oxygen atoms in total. The highest BCUT2D eigenvalue weighted by Gasteiger charge is 2.10. The minimum Gasteiger partial charge on any atom is -0.483 e. The number of nitrogens with one attached hydrogen (secondary N) is 1. The predicted octanol–water partition coefficient (Wildman–Crippen LogP) is 4.50. The Balaban J connectivity index is 1.53. The summed E-state index contributed by atoms with van der Waals surface area (Å²) in [6, 6.07) is 17.8. The van der Waals surface area contributed by atoms with Crippen LogP contribution in [0, 0.1) is 0 Å². The number of hydrogen-bond donors (Lipinski definition) is 1. The lowest BCUT2D eigenvalue weighted by Gasteiger charge is -2.09. The van der Waals surface area contributed by atoms with E-state index in [1.165, 1.54) is 6.92 Å². The molecule has 0 aliphatic heterocycles. The van der Waals surface area contributed by atoms with Gasteiger partial charge in [-0.1, -0.05) is 23.7 Å². The molecule has 2 aromatic carbocycles. The van der Waals surface area contributed by atoms with Crippen molar-refractivity contribution in [3.05, 3.63) is 77.0 Å². The van der Waals surface area contributed by atoms with E-state index in [1.54, 1.807) is 42.5 Å². The maximum Gasteiger partial charge on any atom is 0.258 e. The van der Waals surface area contributed by atoms with Crippen LogP contribution in [-0.4, -0.2) is 18.3 Å². The third-order valence-corrected chi connectivity index (χ3v) is 4.13. The molecule has 0 unspecified atom stereocenters. The second kappa shape index (κ2) is 8.56. The molecule has 3 aromatic rings. The van der Waals surface area contributed by atoms with Gasteiger partial charge in [0, 0.05) is 10.6 Å². The summed E-state index contributed by atoms with van der Waals surface area (Å²) in [7, 11) is 0. The zero-order valence-corrected chi connectivity index (χ0v) is 15.5. The molecule has 0 saturated heterocycles. The lowest BCUT2D eigenvalue weighted by atomic mass is 10.1. The van der Waals surface area contributed by atoms with Crippen LogP contribution in [0.1, 0.15) is 23.0 Å². The fourth-order valence-electron chi connectivity index (χ4n) is 2.51. The van der Waals surface area contributed by atoms with Crippen LogP contribution in [0.2, 0.25) is 5.02 Å². The van der Waals surface area contributed by atoms with Crippen LogP contribution in [0.5, 0.6) is 5.75 Å². The van der Waals surface area contributed by atoms with Crippen LogP contribution in [0.4, 0.5) is 0 Å². The van der Waals surface area contributed by atoms with E-state index in [1.807, 2.05) is 18.2 Å². The number of amides is 1. The molecule has 1 amide bonds. The molecule has 0 aliphatic carbocycles. The first-order valence-electron chi connectivity index (χ1n) is 8.37. The van der Waals surface area contributed by atoms with Gasteiger partial charge in [0.05, 0.1) is 12.1 Å². The Morgan fingerprint density at radius 2 is 1.78 bits per heavy atom. The molecule has 0 atom stereocenters. The van der Waals surface area contributed by atoms with Crippen molar-refractivity contribution in [2.75, 3.05) is 6.61 Å². The number of rotatable bonds is 7. The molecule has 0 fully saturated rings. The monoisotopic (exact) mass is 383 g/mol. The van der Waals surface area contributed by atoms with E-state index in [0.717, 1.165) is 5.56 Å². The highest BCUT2D eigenvalue weighted by molar-refractivity contribution is 6.30. The van der Waals surface area contributed by atoms with Gasteiger partial charge in [-0.05, 0) is 55.5 Å². The van der Waals surface area contributed by atoms with Crippen LogP contribution < -0.4 is 10.1 Å². The molecule has 1 N–H and O–H groups in total. The molecule has 0 saturated carbocycles. The van der Waals surface area contributed by atoms with Crippen molar-refractivity contribution in [3.63, 3.8) is 0 Å². The summed E-state index contributed by atoms with van der Waals surface area (Å²) in [5.41, 5.74) is 1.35. The van der Waals surface area contributed by atoms with E-state index in [2.05, 4.69) is 5.32 Å². The molecular formula is C21H18ClNO4. The molecule has 1 aromatic heterocycles. The smallest absolute Gasteiger partial charge is 0.258 e. The van der Waals surface area contributed by atoms with Gasteiger partial charge in [0.25, 0.3) is 5.91 Å². The van der Waals surface area contributed by atoms with Crippen molar-refractivity contribution in [1.82, 2.24) is 5.32 Å². The summed E-state index contributed by atoms with van der Waals surface area (Å²) < 4.78 is 11.2. The molecular weight excluding hydrogens is 366 g/mol. The Morgan fingerprint density at radius 1 is 1.04 bits per heavy atom. The number of carbonyl (C=O) groups excluding carboxylic acids is 2. The number of halogens is 1. The van der Waals surface area contributed by atoms with Gasteiger partial charge in [-0.25, -0.2) is 0 Å². The first kappa shape index (κ1) is 18.7. The quantitative estimate of drug-likeness (QED) is 0.610. The Labute approximate surface area is 161 Å². The fourth-order valence-corrected chi connectivity index (χ4v) is 2.63. The second-order valence-corrected chi connectivity index (χ2v) is 6.33. The normalized spacial score (nSPS) is 10.4. The Bertz CT molecular complexity index is 947. The number of carbonyl (C=O) groups is 2. The predicted molar refractivity (Wildman–Crippen MR) is 103 cm³/mol. The second-order valence-electron chi connectivity index (χ2n) is 5.89. The van der Waals surface area contributed by atoms with Gasteiger partial charge in [-0.15, -0.1) is 0 Å². The van der Waals surface area contributed by atoms with Crippen molar-refractivity contribution in [1.29, 1.82) is 0 Å². The highest BCUT2D eigenvalue weighted by atomic mass is 35.5. The Morgan fingerprint density at radius 3 is 2.52 bits per heavy atom. The molecule has 0 aliphatic rings. The van der Waals surface area contributed by atoms with Crippen molar-refractivity contribution in [2.45, 2.75) is 13.5 Å². The van der Waals surface area contributed by atoms with Crippen LogP contribution >= 0.6 is 11.6 Å². The van der Waals surface area contributed by atoms with E-state index in [-0.39, 0.29) is 24.8 Å². The highest BCUT2D eigenvalue weighted by Crippen LogP contribution is 2.23. The topological polar surface area (TPSA) is 68.5 Å². The summed E-state index contributed by atoms with van der Waals surface area (Å²) >= 11 is 5.88. The minimum atomic E-state index is -0.308. The maximum atomic E-state index is 12.0. The van der Waals surface area contributed by atoms with Gasteiger partial charge in [0.1, 0.15) is 17.3 Å². The standard InChI is InChI=1S/C21H18ClNO4/c1-14(24)18-4-2-3-5-20(18)26-13-21(25)23-12-17-10-11-19(27-17)15-6-8-16(22)9-7-15/h2-11H,12-13H2,1H3,(H,23,25). The largest absolute Gasteiger partial charge is 0.483 e. The van der Waals surface area contributed by atoms with Gasteiger partial charge in [0.15, 0.2) is 12.4 Å². The molecule has 3 rings (SSSR count). The first-order chi connectivity index (χ1) is 13.0. The molecule has 27 heavy (non-hydrogen) atoms. The number of hydrogen-bond acceptors (Lipinski definition) is 4. The molecule has 1 heterocycles. The Hall–Kier alpha value is -3.05. The summed E-state index contributed by atoms with van der Waals surface area (Å²) in [5, 5.41) is 3.38. The summed E-state index contributed by atoms with van der Waals surface area (Å²) in [5.74, 6) is 1.29. The average molecular weight is 384 g/mol. The number of Topliss-reactive ketones (excluding diaryl/α,β-unsaturated/α-hetero) is 1. The van der Waals surface area contributed by atoms with E-state index in [9.17, 15) is 9.59 Å². The summed E-state index contributed by atoms with van der Waals surface area (Å²) in [6.07, 6.45) is 0. The maximum absolute atomic E-state index is 12.0. The first-order valence-corrected chi connectivity index (χ1v) is 8.75. The average Bonchev–Trinajstić information content (AvgIpc) is 3.14. The van der Waals surface area contributed by atoms with Crippen molar-refractivity contribution >= 4 is 23.3 Å². The van der Waals surface area contributed by atoms with Crippen molar-refractivity contribution < 1.29 is 18.7 Å². The van der Waals surface area contributed by atoms with Gasteiger partial charge in [0.2, 0.25) is 0 Å². The van der Waals surface area contributed by atoms with Crippen LogP contribution in [0.3, 0.4) is 0 Å². The molecule has 0 bridgehead atoms. The fraction of sp³-hybridized carbons (Fsp3) is 0.143. The number of para-hydroxylation sites is 1. The zero-order valence-electron chi connectivity index (χ0n) is 14.7. The molecule has 138 valence electrons. The van der Waals surface area contributed by atoms with Crippen molar-refractivity contribution in [2.24, 2.45) is 0 Å². The third-order valence-electron chi connectivity index (χ3n) is 3.88. The van der Waals surface area contributed by atoms with E-state index in [0.29, 0.717) is 27.9 Å². The van der Waals surface area contributed by atoms with Gasteiger partial charge < -0.3 is 14.5 Å². The summed E-state index contributed by atoms with van der Waals surface area (Å²) in [4.78, 5) is 23.6. The third kappa shape index (κ3) is 4.99. The number of ketones is 1. The van der Waals surface area contributed by atoms with E-state index < -0.39 is 0 Å². The number of ether oxygens (including phenoxy) is 1.